The average Bonchev–Trinajstić information content (AvgIpc) is 3.33. The molecular weight excluding hydrogens is 370 g/mol. The van der Waals surface area contributed by atoms with Gasteiger partial charge in [-0.2, -0.15) is 9.97 Å². The van der Waals surface area contributed by atoms with Gasteiger partial charge in [0.1, 0.15) is 18.2 Å². The Kier molecular flexibility index (Phi) is 5.92. The molecule has 2 aliphatic heterocycles. The molecular formula is C21H27N5O3. The summed E-state index contributed by atoms with van der Waals surface area (Å²) >= 11 is 0. The molecule has 4 rings (SSSR count). The van der Waals surface area contributed by atoms with Crippen LogP contribution in [0.25, 0.3) is 0 Å². The van der Waals surface area contributed by atoms with Crippen molar-refractivity contribution in [3.8, 4) is 6.01 Å². The molecule has 0 spiro atoms. The van der Waals surface area contributed by atoms with Crippen LogP contribution in [0.15, 0.2) is 24.3 Å². The van der Waals surface area contributed by atoms with Gasteiger partial charge in [0.25, 0.3) is 0 Å². The Bertz CT molecular complexity index is 865. The molecule has 1 aromatic heterocycles. The van der Waals surface area contributed by atoms with Gasteiger partial charge in [0.2, 0.25) is 5.91 Å². The summed E-state index contributed by atoms with van der Waals surface area (Å²) < 4.78 is 10.5. The molecule has 0 saturated carbocycles. The van der Waals surface area contributed by atoms with Crippen LogP contribution in [-0.4, -0.2) is 54.2 Å². The fraction of sp³-hybridized carbons (Fsp3) is 0.476. The second kappa shape index (κ2) is 8.75. The van der Waals surface area contributed by atoms with E-state index in [2.05, 4.69) is 39.1 Å². The summed E-state index contributed by atoms with van der Waals surface area (Å²) in [5.41, 5.74) is 9.06. The van der Waals surface area contributed by atoms with E-state index in [1.807, 2.05) is 0 Å². The molecule has 3 heterocycles. The van der Waals surface area contributed by atoms with Gasteiger partial charge in [0.05, 0.1) is 19.6 Å². The van der Waals surface area contributed by atoms with Crippen molar-refractivity contribution in [2.24, 2.45) is 0 Å². The topological polar surface area (TPSA) is 93.8 Å². The second-order valence-corrected chi connectivity index (χ2v) is 7.49. The van der Waals surface area contributed by atoms with E-state index < -0.39 is 0 Å². The van der Waals surface area contributed by atoms with E-state index in [0.29, 0.717) is 37.0 Å². The standard InChI is InChI=1S/C21H27N5O3/c1-28-10-11-29-21-23-19(22)17-12-18(27)26(20(17)24-21)14-16-6-4-15(5-7-16)13-25-8-2-3-9-25/h4-7H,2-3,8-14H2,1H3,(H2,22,23,24). The quantitative estimate of drug-likeness (QED) is 0.679. The SMILES string of the molecule is COCCOc1nc(N)c2c(n1)N(Cc1ccc(CN3CCCC3)cc1)C(=O)C2. The molecule has 2 aliphatic rings. The van der Waals surface area contributed by atoms with Gasteiger partial charge in [-0.1, -0.05) is 24.3 Å². The highest BCUT2D eigenvalue weighted by atomic mass is 16.5. The predicted molar refractivity (Wildman–Crippen MR) is 110 cm³/mol. The summed E-state index contributed by atoms with van der Waals surface area (Å²) in [6, 6.07) is 8.61. The Hall–Kier alpha value is -2.71. The van der Waals surface area contributed by atoms with Crippen LogP contribution >= 0.6 is 0 Å². The van der Waals surface area contributed by atoms with E-state index in [4.69, 9.17) is 15.2 Å². The summed E-state index contributed by atoms with van der Waals surface area (Å²) in [6.45, 7) is 4.53. The average molecular weight is 397 g/mol. The number of nitrogens with two attached hydrogens (primary N) is 1. The van der Waals surface area contributed by atoms with Crippen molar-refractivity contribution < 1.29 is 14.3 Å². The lowest BCUT2D eigenvalue weighted by molar-refractivity contribution is -0.117. The number of nitrogens with zero attached hydrogens (tertiary/aromatic N) is 4. The molecule has 0 bridgehead atoms. The van der Waals surface area contributed by atoms with Gasteiger partial charge < -0.3 is 15.2 Å². The third-order valence-electron chi connectivity index (χ3n) is 5.37. The Morgan fingerprint density at radius 2 is 1.72 bits per heavy atom. The number of likely N-dealkylation sites (tertiary alicyclic amines) is 1. The second-order valence-electron chi connectivity index (χ2n) is 7.49. The smallest absolute Gasteiger partial charge is 0.320 e. The number of carbonyl (C=O) groups excluding carboxylic acids is 1. The first-order chi connectivity index (χ1) is 14.1. The highest BCUT2D eigenvalue weighted by molar-refractivity contribution is 6.01. The largest absolute Gasteiger partial charge is 0.461 e. The van der Waals surface area contributed by atoms with Crippen molar-refractivity contribution in [3.63, 3.8) is 0 Å². The van der Waals surface area contributed by atoms with E-state index in [0.717, 1.165) is 12.1 Å². The molecule has 1 amide bonds. The number of aromatic nitrogens is 2. The third kappa shape index (κ3) is 4.49. The van der Waals surface area contributed by atoms with Crippen LogP contribution in [0.5, 0.6) is 6.01 Å². The zero-order valence-corrected chi connectivity index (χ0v) is 16.8. The van der Waals surface area contributed by atoms with Gasteiger partial charge >= 0.3 is 6.01 Å². The number of amides is 1. The zero-order chi connectivity index (χ0) is 20.2. The van der Waals surface area contributed by atoms with Crippen LogP contribution in [0.4, 0.5) is 11.6 Å². The monoisotopic (exact) mass is 397 g/mol. The fourth-order valence-electron chi connectivity index (χ4n) is 3.80. The fourth-order valence-corrected chi connectivity index (χ4v) is 3.80. The van der Waals surface area contributed by atoms with Crippen molar-refractivity contribution in [2.75, 3.05) is 44.0 Å². The molecule has 1 aromatic carbocycles. The van der Waals surface area contributed by atoms with Crippen LogP contribution in [0, 0.1) is 0 Å². The molecule has 1 saturated heterocycles. The number of methoxy groups -OCH3 is 1. The molecule has 0 radical (unpaired) electrons. The van der Waals surface area contributed by atoms with Crippen molar-refractivity contribution in [1.29, 1.82) is 0 Å². The normalized spacial score (nSPS) is 16.4. The summed E-state index contributed by atoms with van der Waals surface area (Å²) in [6.07, 6.45) is 2.79. The van der Waals surface area contributed by atoms with Crippen molar-refractivity contribution in [3.05, 3.63) is 41.0 Å². The molecule has 2 N–H and O–H groups in total. The minimum Gasteiger partial charge on any atom is -0.461 e. The molecule has 8 nitrogen and oxygen atoms in total. The number of hydrogen-bond donors (Lipinski definition) is 1. The Morgan fingerprint density at radius 3 is 2.41 bits per heavy atom. The highest BCUT2D eigenvalue weighted by Gasteiger charge is 2.32. The summed E-state index contributed by atoms with van der Waals surface area (Å²) in [5, 5.41) is 0. The number of benzene rings is 1. The molecule has 29 heavy (non-hydrogen) atoms. The lowest BCUT2D eigenvalue weighted by atomic mass is 10.1. The molecule has 2 aromatic rings. The Morgan fingerprint density at radius 1 is 1.03 bits per heavy atom. The first-order valence-corrected chi connectivity index (χ1v) is 10.0. The van der Waals surface area contributed by atoms with E-state index >= 15 is 0 Å². The lowest BCUT2D eigenvalue weighted by Crippen LogP contribution is -2.26. The zero-order valence-electron chi connectivity index (χ0n) is 16.8. The molecule has 0 unspecified atom stereocenters. The van der Waals surface area contributed by atoms with Gasteiger partial charge in [-0.05, 0) is 37.1 Å². The number of fused-ring (bicyclic) bond motifs is 1. The first-order valence-electron chi connectivity index (χ1n) is 10.0. The number of hydrogen-bond acceptors (Lipinski definition) is 7. The maximum absolute atomic E-state index is 12.6. The number of ether oxygens (including phenoxy) is 2. The van der Waals surface area contributed by atoms with Crippen molar-refractivity contribution in [1.82, 2.24) is 14.9 Å². The number of anilines is 2. The van der Waals surface area contributed by atoms with Crippen LogP contribution in [0.1, 0.15) is 29.5 Å². The minimum absolute atomic E-state index is 0.0313. The van der Waals surface area contributed by atoms with E-state index in [-0.39, 0.29) is 18.3 Å². The third-order valence-corrected chi connectivity index (χ3v) is 5.37. The minimum atomic E-state index is -0.0313. The Balaban J connectivity index is 1.47. The van der Waals surface area contributed by atoms with E-state index in [9.17, 15) is 4.79 Å². The number of rotatable bonds is 8. The highest BCUT2D eigenvalue weighted by Crippen LogP contribution is 2.33. The summed E-state index contributed by atoms with van der Waals surface area (Å²) in [7, 11) is 1.60. The summed E-state index contributed by atoms with van der Waals surface area (Å²) in [4.78, 5) is 25.3. The molecule has 0 aliphatic carbocycles. The van der Waals surface area contributed by atoms with Crippen LogP contribution in [-0.2, 0) is 29.0 Å². The van der Waals surface area contributed by atoms with Crippen LogP contribution in [0.2, 0.25) is 0 Å². The van der Waals surface area contributed by atoms with Gasteiger partial charge in [-0.3, -0.25) is 14.6 Å². The maximum Gasteiger partial charge on any atom is 0.320 e. The van der Waals surface area contributed by atoms with Gasteiger partial charge in [-0.25, -0.2) is 0 Å². The van der Waals surface area contributed by atoms with E-state index in [1.165, 1.54) is 31.5 Å². The summed E-state index contributed by atoms with van der Waals surface area (Å²) in [5.74, 6) is 0.798. The van der Waals surface area contributed by atoms with Gasteiger partial charge in [0, 0.05) is 19.2 Å². The molecule has 1 fully saturated rings. The number of carbonyl (C=O) groups is 1. The van der Waals surface area contributed by atoms with Crippen molar-refractivity contribution >= 4 is 17.5 Å². The first kappa shape index (κ1) is 19.6. The molecule has 8 heteroatoms. The van der Waals surface area contributed by atoms with Crippen LogP contribution in [0.3, 0.4) is 0 Å². The predicted octanol–water partition coefficient (Wildman–Crippen LogP) is 1.77. The molecule has 0 atom stereocenters. The van der Waals surface area contributed by atoms with Gasteiger partial charge in [0.15, 0.2) is 0 Å². The lowest BCUT2D eigenvalue weighted by Gasteiger charge is -2.18. The Labute approximate surface area is 170 Å². The van der Waals surface area contributed by atoms with Crippen molar-refractivity contribution in [2.45, 2.75) is 32.4 Å². The number of nitrogen functional groups attached to an aromatic ring is 1. The van der Waals surface area contributed by atoms with Gasteiger partial charge in [-0.15, -0.1) is 0 Å². The van der Waals surface area contributed by atoms with Crippen LogP contribution < -0.4 is 15.4 Å². The molecule has 154 valence electrons. The maximum atomic E-state index is 12.6. The van der Waals surface area contributed by atoms with E-state index in [1.54, 1.807) is 12.0 Å².